The predicted octanol–water partition coefficient (Wildman–Crippen LogP) is 5.80. The zero-order chi connectivity index (χ0) is 24.8. The van der Waals surface area contributed by atoms with E-state index in [9.17, 15) is 14.0 Å². The molecular weight excluding hydrogens is 465 g/mol. The van der Waals surface area contributed by atoms with Gasteiger partial charge in [0.15, 0.2) is 5.13 Å². The number of aromatic nitrogens is 1. The second kappa shape index (κ2) is 10.9. The van der Waals surface area contributed by atoms with E-state index in [0.717, 1.165) is 22.4 Å². The van der Waals surface area contributed by atoms with Crippen molar-refractivity contribution < 1.29 is 19.1 Å². The summed E-state index contributed by atoms with van der Waals surface area (Å²) in [6, 6.07) is 21.6. The molecule has 0 spiro atoms. The molecule has 6 nitrogen and oxygen atoms in total. The molecule has 2 N–H and O–H groups in total. The van der Waals surface area contributed by atoms with E-state index in [0.29, 0.717) is 22.9 Å². The van der Waals surface area contributed by atoms with Crippen LogP contribution in [0.4, 0.5) is 15.2 Å². The quantitative estimate of drug-likeness (QED) is 0.311. The molecule has 1 amide bonds. The SMILES string of the molecule is Cc1ccc(-c2csc(N(Cc3ccc(C(=O)NCCC(=O)O)cc3)c3ccccc3F)n2)cc1. The summed E-state index contributed by atoms with van der Waals surface area (Å²) < 4.78 is 14.8. The molecule has 0 bridgehead atoms. The minimum atomic E-state index is -0.971. The van der Waals surface area contributed by atoms with E-state index in [4.69, 9.17) is 10.1 Å². The molecule has 0 fully saturated rings. The predicted molar refractivity (Wildman–Crippen MR) is 136 cm³/mol. The highest BCUT2D eigenvalue weighted by molar-refractivity contribution is 7.14. The van der Waals surface area contributed by atoms with Crippen LogP contribution in [0.2, 0.25) is 0 Å². The molecule has 0 aliphatic rings. The second-order valence-electron chi connectivity index (χ2n) is 8.02. The zero-order valence-electron chi connectivity index (χ0n) is 19.1. The van der Waals surface area contributed by atoms with Gasteiger partial charge in [-0.3, -0.25) is 9.59 Å². The van der Waals surface area contributed by atoms with Gasteiger partial charge in [-0.2, -0.15) is 0 Å². The summed E-state index contributed by atoms with van der Waals surface area (Å²) in [7, 11) is 0. The van der Waals surface area contributed by atoms with Crippen molar-refractivity contribution in [3.05, 3.63) is 101 Å². The van der Waals surface area contributed by atoms with Crippen LogP contribution in [0.5, 0.6) is 0 Å². The van der Waals surface area contributed by atoms with Crippen LogP contribution < -0.4 is 10.2 Å². The number of rotatable bonds is 9. The standard InChI is InChI=1S/C27H24FN3O3S/c1-18-6-10-20(11-7-18)23-17-35-27(30-23)31(24-5-3-2-4-22(24)28)16-19-8-12-21(13-9-19)26(34)29-15-14-25(32)33/h2-13,17H,14-16H2,1H3,(H,29,34)(H,32,33). The van der Waals surface area contributed by atoms with E-state index in [2.05, 4.69) is 5.32 Å². The number of para-hydroxylation sites is 1. The number of hydrogen-bond acceptors (Lipinski definition) is 5. The van der Waals surface area contributed by atoms with Crippen LogP contribution in [-0.4, -0.2) is 28.5 Å². The number of carbonyl (C=O) groups is 2. The monoisotopic (exact) mass is 489 g/mol. The number of amides is 1. The normalized spacial score (nSPS) is 10.7. The van der Waals surface area contributed by atoms with Crippen molar-refractivity contribution in [3.63, 3.8) is 0 Å². The summed E-state index contributed by atoms with van der Waals surface area (Å²) in [4.78, 5) is 29.5. The minimum Gasteiger partial charge on any atom is -0.481 e. The van der Waals surface area contributed by atoms with Crippen molar-refractivity contribution in [2.24, 2.45) is 0 Å². The number of aryl methyl sites for hydroxylation is 1. The van der Waals surface area contributed by atoms with Crippen LogP contribution in [0.3, 0.4) is 0 Å². The van der Waals surface area contributed by atoms with Crippen LogP contribution in [0.1, 0.15) is 27.9 Å². The van der Waals surface area contributed by atoms with E-state index in [1.54, 1.807) is 42.5 Å². The molecule has 0 unspecified atom stereocenters. The molecule has 3 aromatic carbocycles. The lowest BCUT2D eigenvalue weighted by Gasteiger charge is -2.23. The molecule has 8 heteroatoms. The van der Waals surface area contributed by atoms with Crippen LogP contribution in [0.25, 0.3) is 11.3 Å². The Hall–Kier alpha value is -4.04. The first kappa shape index (κ1) is 24.1. The molecule has 0 saturated heterocycles. The largest absolute Gasteiger partial charge is 0.481 e. The number of benzene rings is 3. The zero-order valence-corrected chi connectivity index (χ0v) is 19.9. The molecule has 35 heavy (non-hydrogen) atoms. The summed E-state index contributed by atoms with van der Waals surface area (Å²) >= 11 is 1.43. The number of carboxylic acids is 1. The number of anilines is 2. The first-order chi connectivity index (χ1) is 16.9. The molecule has 1 heterocycles. The molecule has 4 aromatic rings. The van der Waals surface area contributed by atoms with Crippen LogP contribution in [0, 0.1) is 12.7 Å². The van der Waals surface area contributed by atoms with Gasteiger partial charge in [-0.25, -0.2) is 9.37 Å². The molecule has 0 aliphatic carbocycles. The highest BCUT2D eigenvalue weighted by atomic mass is 32.1. The maximum atomic E-state index is 14.8. The minimum absolute atomic E-state index is 0.0599. The number of nitrogens with zero attached hydrogens (tertiary/aromatic N) is 2. The van der Waals surface area contributed by atoms with E-state index in [1.807, 2.05) is 41.5 Å². The highest BCUT2D eigenvalue weighted by Crippen LogP contribution is 2.34. The Bertz CT molecular complexity index is 1320. The molecular formula is C27H24FN3O3S. The lowest BCUT2D eigenvalue weighted by Crippen LogP contribution is -2.26. The second-order valence-corrected chi connectivity index (χ2v) is 8.85. The molecule has 1 aromatic heterocycles. The van der Waals surface area contributed by atoms with E-state index in [-0.39, 0.29) is 24.7 Å². The number of carbonyl (C=O) groups excluding carboxylic acids is 1. The number of nitrogens with one attached hydrogen (secondary N) is 1. The van der Waals surface area contributed by atoms with Crippen LogP contribution >= 0.6 is 11.3 Å². The lowest BCUT2D eigenvalue weighted by atomic mass is 10.1. The van der Waals surface area contributed by atoms with Crippen molar-refractivity contribution in [2.45, 2.75) is 19.9 Å². The molecule has 178 valence electrons. The van der Waals surface area contributed by atoms with Crippen LogP contribution in [-0.2, 0) is 11.3 Å². The van der Waals surface area contributed by atoms with Gasteiger partial charge in [0.2, 0.25) is 0 Å². The molecule has 4 rings (SSSR count). The van der Waals surface area contributed by atoms with Gasteiger partial charge in [-0.1, -0.05) is 54.1 Å². The third-order valence-electron chi connectivity index (χ3n) is 5.39. The summed E-state index contributed by atoms with van der Waals surface area (Å²) in [5.41, 5.74) is 4.67. The van der Waals surface area contributed by atoms with Crippen molar-refractivity contribution in [1.82, 2.24) is 10.3 Å². The maximum absolute atomic E-state index is 14.8. The van der Waals surface area contributed by atoms with Gasteiger partial charge < -0.3 is 15.3 Å². The Labute approximate surface area is 206 Å². The average molecular weight is 490 g/mol. The molecule has 0 aliphatic heterocycles. The van der Waals surface area contributed by atoms with Gasteiger partial charge >= 0.3 is 5.97 Å². The Morgan fingerprint density at radius 1 is 1.03 bits per heavy atom. The highest BCUT2D eigenvalue weighted by Gasteiger charge is 2.18. The van der Waals surface area contributed by atoms with Crippen molar-refractivity contribution >= 4 is 34.0 Å². The number of halogens is 1. The third-order valence-corrected chi connectivity index (χ3v) is 6.26. The Morgan fingerprint density at radius 3 is 2.43 bits per heavy atom. The summed E-state index contributed by atoms with van der Waals surface area (Å²) in [6.45, 7) is 2.44. The first-order valence-electron chi connectivity index (χ1n) is 11.0. The van der Waals surface area contributed by atoms with E-state index >= 15 is 0 Å². The Morgan fingerprint density at radius 2 is 1.74 bits per heavy atom. The lowest BCUT2D eigenvalue weighted by molar-refractivity contribution is -0.136. The maximum Gasteiger partial charge on any atom is 0.305 e. The number of aliphatic carboxylic acids is 1. The average Bonchev–Trinajstić information content (AvgIpc) is 3.34. The summed E-state index contributed by atoms with van der Waals surface area (Å²) in [6.07, 6.45) is -0.139. The molecule has 0 radical (unpaired) electrons. The van der Waals surface area contributed by atoms with Crippen molar-refractivity contribution in [1.29, 1.82) is 0 Å². The van der Waals surface area contributed by atoms with Crippen molar-refractivity contribution in [2.75, 3.05) is 11.4 Å². The Balaban J connectivity index is 1.57. The fraction of sp³-hybridized carbons (Fsp3) is 0.148. The summed E-state index contributed by atoms with van der Waals surface area (Å²) in [5.74, 6) is -1.66. The van der Waals surface area contributed by atoms with Gasteiger partial charge in [-0.05, 0) is 36.8 Å². The number of carboxylic acid groups (broad SMARTS) is 1. The van der Waals surface area contributed by atoms with E-state index < -0.39 is 5.97 Å². The molecule has 0 atom stereocenters. The summed E-state index contributed by atoms with van der Waals surface area (Å²) in [5, 5.41) is 13.9. The van der Waals surface area contributed by atoms with Gasteiger partial charge in [0.1, 0.15) is 5.82 Å². The number of thiazole rings is 1. The van der Waals surface area contributed by atoms with E-state index in [1.165, 1.54) is 17.4 Å². The van der Waals surface area contributed by atoms with Gasteiger partial charge in [0.05, 0.1) is 24.3 Å². The van der Waals surface area contributed by atoms with Crippen LogP contribution in [0.15, 0.2) is 78.2 Å². The Kier molecular flexibility index (Phi) is 7.52. The number of hydrogen-bond donors (Lipinski definition) is 2. The topological polar surface area (TPSA) is 82.5 Å². The van der Waals surface area contributed by atoms with Gasteiger partial charge in [0, 0.05) is 23.1 Å². The molecule has 0 saturated carbocycles. The smallest absolute Gasteiger partial charge is 0.305 e. The third kappa shape index (κ3) is 6.10. The fourth-order valence-corrected chi connectivity index (χ4v) is 4.35. The van der Waals surface area contributed by atoms with Gasteiger partial charge in [0.25, 0.3) is 5.91 Å². The first-order valence-corrected chi connectivity index (χ1v) is 11.9. The van der Waals surface area contributed by atoms with Gasteiger partial charge in [-0.15, -0.1) is 11.3 Å². The van der Waals surface area contributed by atoms with Crippen molar-refractivity contribution in [3.8, 4) is 11.3 Å². The fourth-order valence-electron chi connectivity index (χ4n) is 3.50.